The second-order valence-electron chi connectivity index (χ2n) is 5.63. The maximum atomic E-state index is 12.3. The lowest BCUT2D eigenvalue weighted by Gasteiger charge is -2.36. The van der Waals surface area contributed by atoms with Gasteiger partial charge in [0.1, 0.15) is 6.04 Å². The van der Waals surface area contributed by atoms with Gasteiger partial charge in [0.2, 0.25) is 11.8 Å². The molecule has 0 aromatic heterocycles. The molecule has 1 aliphatic rings. The van der Waals surface area contributed by atoms with E-state index in [1.165, 1.54) is 11.8 Å². The standard InChI is InChI=1S/C13H22N2O5/c1-8(2)13(3,12(18)19)6-10(16)15-4-5-20-7-9(15)11(14)17/h8-9H,4-7H2,1-3H3,(H2,14,17)(H,18,19). The molecule has 3 N–H and O–H groups in total. The number of nitrogens with two attached hydrogens (primary N) is 1. The van der Waals surface area contributed by atoms with Crippen molar-refractivity contribution in [2.45, 2.75) is 33.2 Å². The third-order valence-corrected chi connectivity index (χ3v) is 4.06. The first kappa shape index (κ1) is 16.4. The molecule has 0 radical (unpaired) electrons. The van der Waals surface area contributed by atoms with E-state index >= 15 is 0 Å². The van der Waals surface area contributed by atoms with E-state index in [0.29, 0.717) is 6.61 Å². The van der Waals surface area contributed by atoms with Crippen LogP contribution in [0.5, 0.6) is 0 Å². The predicted molar refractivity (Wildman–Crippen MR) is 70.7 cm³/mol. The van der Waals surface area contributed by atoms with Crippen molar-refractivity contribution in [3.8, 4) is 0 Å². The van der Waals surface area contributed by atoms with Crippen LogP contribution in [0, 0.1) is 11.3 Å². The van der Waals surface area contributed by atoms with E-state index in [-0.39, 0.29) is 31.4 Å². The molecule has 0 aliphatic carbocycles. The van der Waals surface area contributed by atoms with Gasteiger partial charge in [0.15, 0.2) is 0 Å². The second-order valence-corrected chi connectivity index (χ2v) is 5.63. The minimum Gasteiger partial charge on any atom is -0.481 e. The Bertz CT molecular complexity index is 410. The van der Waals surface area contributed by atoms with Crippen molar-refractivity contribution in [2.75, 3.05) is 19.8 Å². The number of aliphatic carboxylic acids is 1. The van der Waals surface area contributed by atoms with Crippen LogP contribution in [0.25, 0.3) is 0 Å². The molecule has 0 saturated carbocycles. The normalized spacial score (nSPS) is 22.4. The summed E-state index contributed by atoms with van der Waals surface area (Å²) in [5, 5.41) is 9.34. The van der Waals surface area contributed by atoms with E-state index in [0.717, 1.165) is 0 Å². The minimum atomic E-state index is -1.17. The number of hydrogen-bond donors (Lipinski definition) is 2. The second kappa shape index (κ2) is 6.21. The van der Waals surface area contributed by atoms with Crippen LogP contribution in [0.15, 0.2) is 0 Å². The van der Waals surface area contributed by atoms with Crippen LogP contribution in [0.2, 0.25) is 0 Å². The average Bonchev–Trinajstić information content (AvgIpc) is 2.37. The van der Waals surface area contributed by atoms with Crippen LogP contribution in [0.4, 0.5) is 0 Å². The number of carboxylic acids is 1. The lowest BCUT2D eigenvalue weighted by atomic mass is 9.76. The summed E-state index contributed by atoms with van der Waals surface area (Å²) in [6.45, 7) is 5.68. The van der Waals surface area contributed by atoms with Gasteiger partial charge in [-0.25, -0.2) is 0 Å². The number of carbonyl (C=O) groups is 3. The van der Waals surface area contributed by atoms with E-state index in [1.807, 2.05) is 0 Å². The molecular formula is C13H22N2O5. The zero-order valence-corrected chi connectivity index (χ0v) is 12.1. The Kier molecular flexibility index (Phi) is 5.10. The van der Waals surface area contributed by atoms with Crippen molar-refractivity contribution in [3.05, 3.63) is 0 Å². The van der Waals surface area contributed by atoms with Crippen molar-refractivity contribution < 1.29 is 24.2 Å². The first-order chi connectivity index (χ1) is 9.20. The summed E-state index contributed by atoms with van der Waals surface area (Å²) in [5.74, 6) is -2.25. The molecule has 0 bridgehead atoms. The number of morpholine rings is 1. The molecule has 20 heavy (non-hydrogen) atoms. The molecule has 7 nitrogen and oxygen atoms in total. The Morgan fingerprint density at radius 3 is 2.50 bits per heavy atom. The number of carbonyl (C=O) groups excluding carboxylic acids is 2. The highest BCUT2D eigenvalue weighted by atomic mass is 16.5. The minimum absolute atomic E-state index is 0.0620. The van der Waals surface area contributed by atoms with Gasteiger partial charge in [-0.1, -0.05) is 13.8 Å². The highest BCUT2D eigenvalue weighted by molar-refractivity contribution is 5.89. The first-order valence-electron chi connectivity index (χ1n) is 6.60. The van der Waals surface area contributed by atoms with Gasteiger partial charge in [0.05, 0.1) is 18.6 Å². The fraction of sp³-hybridized carbons (Fsp3) is 0.769. The molecule has 114 valence electrons. The fourth-order valence-corrected chi connectivity index (χ4v) is 2.08. The summed E-state index contributed by atoms with van der Waals surface area (Å²) in [6.07, 6.45) is -0.163. The highest BCUT2D eigenvalue weighted by Gasteiger charge is 2.42. The maximum absolute atomic E-state index is 12.3. The van der Waals surface area contributed by atoms with Crippen LogP contribution in [0.1, 0.15) is 27.2 Å². The molecular weight excluding hydrogens is 264 g/mol. The van der Waals surface area contributed by atoms with Gasteiger partial charge in [-0.05, 0) is 12.8 Å². The molecule has 0 aromatic carbocycles. The SMILES string of the molecule is CC(C)C(C)(CC(=O)N1CCOCC1C(N)=O)C(=O)O. The van der Waals surface area contributed by atoms with Gasteiger partial charge in [0.25, 0.3) is 0 Å². The van der Waals surface area contributed by atoms with E-state index in [4.69, 9.17) is 10.5 Å². The largest absolute Gasteiger partial charge is 0.481 e. The molecule has 1 rings (SSSR count). The Morgan fingerprint density at radius 1 is 1.45 bits per heavy atom. The summed E-state index contributed by atoms with van der Waals surface area (Å²) in [7, 11) is 0. The van der Waals surface area contributed by atoms with Crippen molar-refractivity contribution in [2.24, 2.45) is 17.1 Å². The van der Waals surface area contributed by atoms with Crippen LogP contribution in [-0.2, 0) is 19.1 Å². The molecule has 1 saturated heterocycles. The summed E-state index contributed by atoms with van der Waals surface area (Å²) >= 11 is 0. The predicted octanol–water partition coefficient (Wildman–Crippen LogP) is -0.164. The number of amides is 2. The van der Waals surface area contributed by atoms with Gasteiger partial charge >= 0.3 is 5.97 Å². The van der Waals surface area contributed by atoms with Crippen LogP contribution in [0.3, 0.4) is 0 Å². The number of carboxylic acid groups (broad SMARTS) is 1. The number of rotatable bonds is 5. The van der Waals surface area contributed by atoms with Gasteiger partial charge < -0.3 is 20.5 Å². The molecule has 2 amide bonds. The molecule has 2 unspecified atom stereocenters. The molecule has 7 heteroatoms. The topological polar surface area (TPSA) is 110 Å². The zero-order valence-electron chi connectivity index (χ0n) is 12.1. The van der Waals surface area contributed by atoms with Crippen molar-refractivity contribution in [1.82, 2.24) is 4.90 Å². The van der Waals surface area contributed by atoms with Crippen LogP contribution >= 0.6 is 0 Å². The van der Waals surface area contributed by atoms with Crippen LogP contribution in [-0.4, -0.2) is 53.6 Å². The molecule has 1 fully saturated rings. The summed E-state index contributed by atoms with van der Waals surface area (Å²) in [5.41, 5.74) is 4.08. The van der Waals surface area contributed by atoms with E-state index in [2.05, 4.69) is 0 Å². The Labute approximate surface area is 118 Å². The third kappa shape index (κ3) is 3.27. The Balaban J connectivity index is 2.88. The number of nitrogens with zero attached hydrogens (tertiary/aromatic N) is 1. The fourth-order valence-electron chi connectivity index (χ4n) is 2.08. The van der Waals surface area contributed by atoms with Crippen LogP contribution < -0.4 is 5.73 Å². The van der Waals surface area contributed by atoms with Gasteiger partial charge in [-0.15, -0.1) is 0 Å². The lowest BCUT2D eigenvalue weighted by molar-refractivity contribution is -0.159. The molecule has 2 atom stereocenters. The molecule has 1 heterocycles. The smallest absolute Gasteiger partial charge is 0.310 e. The summed E-state index contributed by atoms with van der Waals surface area (Å²) < 4.78 is 5.14. The van der Waals surface area contributed by atoms with Gasteiger partial charge in [0, 0.05) is 13.0 Å². The molecule has 0 spiro atoms. The number of ether oxygens (including phenoxy) is 1. The summed E-state index contributed by atoms with van der Waals surface area (Å²) in [4.78, 5) is 36.4. The Hall–Kier alpha value is -1.63. The molecule has 0 aromatic rings. The highest BCUT2D eigenvalue weighted by Crippen LogP contribution is 2.32. The monoisotopic (exact) mass is 286 g/mol. The van der Waals surface area contributed by atoms with Crippen molar-refractivity contribution >= 4 is 17.8 Å². The zero-order chi connectivity index (χ0) is 15.5. The van der Waals surface area contributed by atoms with Crippen molar-refractivity contribution in [3.63, 3.8) is 0 Å². The lowest BCUT2D eigenvalue weighted by Crippen LogP contribution is -2.56. The van der Waals surface area contributed by atoms with E-state index < -0.39 is 23.3 Å². The number of primary amides is 1. The number of hydrogen-bond acceptors (Lipinski definition) is 4. The van der Waals surface area contributed by atoms with Gasteiger partial charge in [-0.2, -0.15) is 0 Å². The molecule has 1 aliphatic heterocycles. The third-order valence-electron chi connectivity index (χ3n) is 4.06. The van der Waals surface area contributed by atoms with Crippen molar-refractivity contribution in [1.29, 1.82) is 0 Å². The van der Waals surface area contributed by atoms with Gasteiger partial charge in [-0.3, -0.25) is 14.4 Å². The Morgan fingerprint density at radius 2 is 2.05 bits per heavy atom. The quantitative estimate of drug-likeness (QED) is 0.729. The summed E-state index contributed by atoms with van der Waals surface area (Å²) in [6, 6.07) is -0.818. The maximum Gasteiger partial charge on any atom is 0.310 e. The van der Waals surface area contributed by atoms with E-state index in [9.17, 15) is 19.5 Å². The average molecular weight is 286 g/mol. The van der Waals surface area contributed by atoms with E-state index in [1.54, 1.807) is 13.8 Å². The first-order valence-corrected chi connectivity index (χ1v) is 6.60.